The van der Waals surface area contributed by atoms with Gasteiger partial charge >= 0.3 is 0 Å². The van der Waals surface area contributed by atoms with Gasteiger partial charge in [0.15, 0.2) is 0 Å². The van der Waals surface area contributed by atoms with Crippen molar-refractivity contribution in [2.75, 3.05) is 19.6 Å². The van der Waals surface area contributed by atoms with Crippen LogP contribution in [0.3, 0.4) is 0 Å². The van der Waals surface area contributed by atoms with E-state index in [1.807, 2.05) is 12.4 Å². The summed E-state index contributed by atoms with van der Waals surface area (Å²) in [5.41, 5.74) is 1.32. The first-order valence-electron chi connectivity index (χ1n) is 4.65. The number of H-pyrrole nitrogens is 1. The van der Waals surface area contributed by atoms with E-state index in [-0.39, 0.29) is 0 Å². The average Bonchev–Trinajstić information content (AvgIpc) is 2.74. The first-order valence-corrected chi connectivity index (χ1v) is 4.65. The topological polar surface area (TPSA) is 31.9 Å². The fraction of sp³-hybridized carbons (Fsp3) is 0.667. The van der Waals surface area contributed by atoms with Crippen LogP contribution in [-0.2, 0) is 6.42 Å². The van der Waals surface area contributed by atoms with Gasteiger partial charge in [0.05, 0.1) is 6.20 Å². The molecule has 0 spiro atoms. The molecule has 0 radical (unpaired) electrons. The Morgan fingerprint density at radius 2 is 2.25 bits per heavy atom. The molecule has 1 N–H and O–H groups in total. The van der Waals surface area contributed by atoms with Crippen LogP contribution < -0.4 is 0 Å². The van der Waals surface area contributed by atoms with Crippen molar-refractivity contribution in [1.82, 2.24) is 15.1 Å². The van der Waals surface area contributed by atoms with Crippen molar-refractivity contribution in [3.8, 4) is 0 Å². The Balaban J connectivity index is 1.74. The van der Waals surface area contributed by atoms with Crippen LogP contribution in [0.5, 0.6) is 0 Å². The maximum Gasteiger partial charge on any atom is 0.0519 e. The highest BCUT2D eigenvalue weighted by molar-refractivity contribution is 5.02. The van der Waals surface area contributed by atoms with E-state index in [1.165, 1.54) is 38.0 Å². The number of aromatic nitrogens is 2. The highest BCUT2D eigenvalue weighted by atomic mass is 15.1. The van der Waals surface area contributed by atoms with Gasteiger partial charge in [-0.2, -0.15) is 5.10 Å². The Labute approximate surface area is 72.8 Å². The fourth-order valence-electron chi connectivity index (χ4n) is 1.71. The van der Waals surface area contributed by atoms with Gasteiger partial charge in [0, 0.05) is 12.7 Å². The normalized spacial score (nSPS) is 18.7. The smallest absolute Gasteiger partial charge is 0.0519 e. The Morgan fingerprint density at radius 3 is 2.92 bits per heavy atom. The molecule has 66 valence electrons. The maximum atomic E-state index is 3.92. The Hall–Kier alpha value is -0.830. The van der Waals surface area contributed by atoms with Crippen LogP contribution in [0.2, 0.25) is 0 Å². The van der Waals surface area contributed by atoms with Crippen LogP contribution in [0.4, 0.5) is 0 Å². The molecule has 1 aromatic heterocycles. The number of aromatic amines is 1. The van der Waals surface area contributed by atoms with E-state index in [1.54, 1.807) is 0 Å². The molecular weight excluding hydrogens is 150 g/mol. The second-order valence-electron chi connectivity index (χ2n) is 3.41. The van der Waals surface area contributed by atoms with E-state index >= 15 is 0 Å². The van der Waals surface area contributed by atoms with Crippen LogP contribution in [-0.4, -0.2) is 34.7 Å². The van der Waals surface area contributed by atoms with E-state index in [4.69, 9.17) is 0 Å². The lowest BCUT2D eigenvalue weighted by molar-refractivity contribution is 0.343. The summed E-state index contributed by atoms with van der Waals surface area (Å²) < 4.78 is 0. The molecule has 2 rings (SSSR count). The van der Waals surface area contributed by atoms with E-state index in [2.05, 4.69) is 15.1 Å². The summed E-state index contributed by atoms with van der Waals surface area (Å²) in [6.07, 6.45) is 7.79. The molecule has 1 fully saturated rings. The zero-order valence-corrected chi connectivity index (χ0v) is 7.29. The molecule has 0 saturated carbocycles. The molecule has 3 nitrogen and oxygen atoms in total. The molecule has 0 aromatic carbocycles. The predicted molar refractivity (Wildman–Crippen MR) is 48.0 cm³/mol. The highest BCUT2D eigenvalue weighted by Gasteiger charge is 2.10. The summed E-state index contributed by atoms with van der Waals surface area (Å²) in [4.78, 5) is 2.52. The summed E-state index contributed by atoms with van der Waals surface area (Å²) in [7, 11) is 0. The summed E-state index contributed by atoms with van der Waals surface area (Å²) in [5, 5.41) is 6.76. The molecule has 2 heterocycles. The van der Waals surface area contributed by atoms with Crippen molar-refractivity contribution >= 4 is 0 Å². The van der Waals surface area contributed by atoms with Gasteiger partial charge in [0.2, 0.25) is 0 Å². The molecule has 12 heavy (non-hydrogen) atoms. The third kappa shape index (κ3) is 1.85. The molecule has 0 atom stereocenters. The Bertz CT molecular complexity index is 212. The van der Waals surface area contributed by atoms with Crippen LogP contribution in [0, 0.1) is 0 Å². The lowest BCUT2D eigenvalue weighted by Crippen LogP contribution is -2.21. The molecule has 0 aliphatic carbocycles. The number of hydrogen-bond acceptors (Lipinski definition) is 2. The minimum Gasteiger partial charge on any atom is -0.303 e. The van der Waals surface area contributed by atoms with Crippen LogP contribution in [0.25, 0.3) is 0 Å². The average molecular weight is 165 g/mol. The summed E-state index contributed by atoms with van der Waals surface area (Å²) in [5.74, 6) is 0. The zero-order chi connectivity index (χ0) is 8.23. The fourth-order valence-corrected chi connectivity index (χ4v) is 1.71. The van der Waals surface area contributed by atoms with Crippen molar-refractivity contribution in [3.05, 3.63) is 18.0 Å². The number of nitrogens with zero attached hydrogens (tertiary/aromatic N) is 2. The number of rotatable bonds is 3. The summed E-state index contributed by atoms with van der Waals surface area (Å²) in [6, 6.07) is 0. The third-order valence-electron chi connectivity index (χ3n) is 2.47. The Morgan fingerprint density at radius 1 is 1.42 bits per heavy atom. The number of hydrogen-bond donors (Lipinski definition) is 1. The van der Waals surface area contributed by atoms with Crippen molar-refractivity contribution < 1.29 is 0 Å². The second kappa shape index (κ2) is 3.72. The SMILES string of the molecule is c1n[nH]cc1CCN1CCCC1. The van der Waals surface area contributed by atoms with Gasteiger partial charge < -0.3 is 4.90 Å². The summed E-state index contributed by atoms with van der Waals surface area (Å²) in [6.45, 7) is 3.77. The second-order valence-corrected chi connectivity index (χ2v) is 3.41. The van der Waals surface area contributed by atoms with Crippen molar-refractivity contribution in [3.63, 3.8) is 0 Å². The Kier molecular flexibility index (Phi) is 2.42. The lowest BCUT2D eigenvalue weighted by atomic mass is 10.2. The molecule has 0 bridgehead atoms. The van der Waals surface area contributed by atoms with Gasteiger partial charge in [-0.15, -0.1) is 0 Å². The molecule has 1 aliphatic rings. The number of nitrogens with one attached hydrogen (secondary N) is 1. The van der Waals surface area contributed by atoms with Crippen molar-refractivity contribution in [2.24, 2.45) is 0 Å². The molecule has 3 heteroatoms. The van der Waals surface area contributed by atoms with Crippen molar-refractivity contribution in [1.29, 1.82) is 0 Å². The zero-order valence-electron chi connectivity index (χ0n) is 7.29. The van der Waals surface area contributed by atoms with E-state index < -0.39 is 0 Å². The largest absolute Gasteiger partial charge is 0.303 e. The van der Waals surface area contributed by atoms with Crippen LogP contribution in [0.1, 0.15) is 18.4 Å². The standard InChI is InChI=1S/C9H15N3/c1-2-5-12(4-1)6-3-9-7-10-11-8-9/h7-8H,1-6H2,(H,10,11). The van der Waals surface area contributed by atoms with Gasteiger partial charge in [-0.05, 0) is 37.9 Å². The van der Waals surface area contributed by atoms with E-state index in [0.717, 1.165) is 6.42 Å². The number of likely N-dealkylation sites (tertiary alicyclic amines) is 1. The molecule has 1 aliphatic heterocycles. The molecule has 0 unspecified atom stereocenters. The lowest BCUT2D eigenvalue weighted by Gasteiger charge is -2.12. The monoisotopic (exact) mass is 165 g/mol. The minimum absolute atomic E-state index is 1.14. The molecule has 1 saturated heterocycles. The van der Waals surface area contributed by atoms with Gasteiger partial charge in [0.25, 0.3) is 0 Å². The van der Waals surface area contributed by atoms with Gasteiger partial charge in [-0.1, -0.05) is 0 Å². The summed E-state index contributed by atoms with van der Waals surface area (Å²) >= 11 is 0. The van der Waals surface area contributed by atoms with Gasteiger partial charge in [0.1, 0.15) is 0 Å². The third-order valence-corrected chi connectivity index (χ3v) is 2.47. The van der Waals surface area contributed by atoms with E-state index in [0.29, 0.717) is 0 Å². The molecule has 1 aromatic rings. The van der Waals surface area contributed by atoms with Gasteiger partial charge in [-0.3, -0.25) is 5.10 Å². The quantitative estimate of drug-likeness (QED) is 0.726. The van der Waals surface area contributed by atoms with Gasteiger partial charge in [-0.25, -0.2) is 0 Å². The van der Waals surface area contributed by atoms with Crippen LogP contribution >= 0.6 is 0 Å². The molecular formula is C9H15N3. The maximum absolute atomic E-state index is 3.92. The van der Waals surface area contributed by atoms with E-state index in [9.17, 15) is 0 Å². The molecule has 0 amide bonds. The van der Waals surface area contributed by atoms with Crippen molar-refractivity contribution in [2.45, 2.75) is 19.3 Å². The first-order chi connectivity index (χ1) is 5.95. The first kappa shape index (κ1) is 7.80. The highest BCUT2D eigenvalue weighted by Crippen LogP contribution is 2.08. The minimum atomic E-state index is 1.14. The van der Waals surface area contributed by atoms with Crippen LogP contribution in [0.15, 0.2) is 12.4 Å². The predicted octanol–water partition coefficient (Wildman–Crippen LogP) is 1.05.